The fraction of sp³-hybridized carbons (Fsp3) is 0.591. The number of carbonyl (C=O) groups is 3. The maximum Gasteiger partial charge on any atom is 0.255 e. The van der Waals surface area contributed by atoms with E-state index in [2.05, 4.69) is 27.7 Å². The maximum atomic E-state index is 12.8. The van der Waals surface area contributed by atoms with Crippen LogP contribution in [0.1, 0.15) is 59.5 Å². The van der Waals surface area contributed by atoms with Crippen LogP contribution in [0.4, 0.5) is 0 Å². The number of rotatable bonds is 3. The number of piperidine rings is 2. The molecule has 2 N–H and O–H groups in total. The Morgan fingerprint density at radius 1 is 1.00 bits per heavy atom. The molecule has 4 aliphatic heterocycles. The van der Waals surface area contributed by atoms with Gasteiger partial charge in [0.1, 0.15) is 6.04 Å². The van der Waals surface area contributed by atoms with Crippen LogP contribution in [-0.4, -0.2) is 65.8 Å². The number of nitrogens with one attached hydrogen (secondary N) is 2. The number of nitrogens with zero attached hydrogens (tertiary/aromatic N) is 2. The molecule has 4 heterocycles. The number of likely N-dealkylation sites (tertiary alicyclic amines) is 1. The van der Waals surface area contributed by atoms with Gasteiger partial charge in [-0.3, -0.25) is 24.6 Å². The molecule has 2 unspecified atom stereocenters. The van der Waals surface area contributed by atoms with Crippen LogP contribution in [0.15, 0.2) is 18.2 Å². The highest BCUT2D eigenvalue weighted by Crippen LogP contribution is 2.34. The first-order chi connectivity index (χ1) is 14.1. The molecule has 29 heavy (non-hydrogen) atoms. The van der Waals surface area contributed by atoms with Crippen molar-refractivity contribution in [3.63, 3.8) is 0 Å². The van der Waals surface area contributed by atoms with E-state index in [1.807, 2.05) is 6.07 Å². The van der Waals surface area contributed by atoms with Crippen LogP contribution in [-0.2, 0) is 16.1 Å². The second-order valence-electron chi connectivity index (χ2n) is 8.77. The third kappa shape index (κ3) is 3.46. The van der Waals surface area contributed by atoms with Gasteiger partial charge in [-0.1, -0.05) is 12.1 Å². The molecular weight excluding hydrogens is 368 g/mol. The van der Waals surface area contributed by atoms with Crippen molar-refractivity contribution in [2.75, 3.05) is 26.2 Å². The van der Waals surface area contributed by atoms with Crippen molar-refractivity contribution in [3.05, 3.63) is 34.9 Å². The van der Waals surface area contributed by atoms with Crippen molar-refractivity contribution in [2.24, 2.45) is 0 Å². The van der Waals surface area contributed by atoms with E-state index in [9.17, 15) is 14.4 Å². The molecule has 3 saturated heterocycles. The molecule has 3 amide bonds. The minimum Gasteiger partial charge on any atom is -0.322 e. The van der Waals surface area contributed by atoms with Gasteiger partial charge in [0.2, 0.25) is 11.8 Å². The van der Waals surface area contributed by atoms with Crippen LogP contribution in [0.3, 0.4) is 0 Å². The molecule has 1 aromatic rings. The number of fused-ring (bicyclic) bond motifs is 1. The van der Waals surface area contributed by atoms with Crippen molar-refractivity contribution in [1.29, 1.82) is 0 Å². The molecule has 0 radical (unpaired) electrons. The number of hydrogen-bond acceptors (Lipinski definition) is 5. The molecule has 5 rings (SSSR count). The summed E-state index contributed by atoms with van der Waals surface area (Å²) in [4.78, 5) is 40.7. The Balaban J connectivity index is 1.26. The molecule has 7 nitrogen and oxygen atoms in total. The zero-order valence-corrected chi connectivity index (χ0v) is 16.7. The van der Waals surface area contributed by atoms with Gasteiger partial charge >= 0.3 is 0 Å². The Hall–Kier alpha value is -2.25. The van der Waals surface area contributed by atoms with E-state index in [-0.39, 0.29) is 24.1 Å². The third-order valence-corrected chi connectivity index (χ3v) is 7.10. The Bertz CT molecular complexity index is 840. The van der Waals surface area contributed by atoms with Gasteiger partial charge < -0.3 is 10.2 Å². The van der Waals surface area contributed by atoms with Gasteiger partial charge in [-0.2, -0.15) is 0 Å². The minimum atomic E-state index is -0.542. The van der Waals surface area contributed by atoms with Crippen LogP contribution >= 0.6 is 0 Å². The van der Waals surface area contributed by atoms with Crippen LogP contribution in [0.5, 0.6) is 0 Å². The molecular formula is C22H28N4O3. The molecule has 0 spiro atoms. The van der Waals surface area contributed by atoms with E-state index in [0.717, 1.165) is 44.6 Å². The lowest BCUT2D eigenvalue weighted by Gasteiger charge is -2.36. The summed E-state index contributed by atoms with van der Waals surface area (Å²) in [6.07, 6.45) is 4.25. The van der Waals surface area contributed by atoms with E-state index in [1.165, 1.54) is 12.0 Å². The molecule has 7 heteroatoms. The van der Waals surface area contributed by atoms with Gasteiger partial charge in [0, 0.05) is 31.1 Å². The Morgan fingerprint density at radius 2 is 1.83 bits per heavy atom. The highest BCUT2D eigenvalue weighted by atomic mass is 16.2. The molecule has 0 saturated carbocycles. The largest absolute Gasteiger partial charge is 0.322 e. The highest BCUT2D eigenvalue weighted by molar-refractivity contribution is 6.05. The molecule has 1 aromatic carbocycles. The number of amides is 3. The van der Waals surface area contributed by atoms with Crippen LogP contribution in [0, 0.1) is 0 Å². The zero-order chi connectivity index (χ0) is 20.0. The smallest absolute Gasteiger partial charge is 0.255 e. The van der Waals surface area contributed by atoms with Gasteiger partial charge in [0.15, 0.2) is 0 Å². The normalized spacial score (nSPS) is 28.7. The molecule has 154 valence electrons. The van der Waals surface area contributed by atoms with Gasteiger partial charge in [0.25, 0.3) is 5.91 Å². The summed E-state index contributed by atoms with van der Waals surface area (Å²) in [7, 11) is 0. The first-order valence-electron chi connectivity index (χ1n) is 10.8. The highest BCUT2D eigenvalue weighted by Gasteiger charge is 2.39. The summed E-state index contributed by atoms with van der Waals surface area (Å²) >= 11 is 0. The lowest BCUT2D eigenvalue weighted by molar-refractivity contribution is -0.136. The van der Waals surface area contributed by atoms with E-state index in [4.69, 9.17) is 0 Å². The average molecular weight is 396 g/mol. The molecule has 3 fully saturated rings. The average Bonchev–Trinajstić information content (AvgIpc) is 3.37. The topological polar surface area (TPSA) is 81.8 Å². The van der Waals surface area contributed by atoms with Gasteiger partial charge in [0.05, 0.1) is 0 Å². The number of carbonyl (C=O) groups excluding carboxylic acids is 3. The first-order valence-corrected chi connectivity index (χ1v) is 10.8. The second-order valence-corrected chi connectivity index (χ2v) is 8.77. The van der Waals surface area contributed by atoms with Crippen molar-refractivity contribution in [3.8, 4) is 0 Å². The Kier molecular flexibility index (Phi) is 4.87. The number of imide groups is 1. The van der Waals surface area contributed by atoms with E-state index >= 15 is 0 Å². The summed E-state index contributed by atoms with van der Waals surface area (Å²) < 4.78 is 0. The SMILES string of the molecule is O=C1CCC(N2Cc3cc(C4CCN(C5CCNC5)CC4)ccc3C2=O)C(=O)N1. The van der Waals surface area contributed by atoms with Crippen LogP contribution in [0.25, 0.3) is 0 Å². The monoisotopic (exact) mass is 396 g/mol. The van der Waals surface area contributed by atoms with Crippen molar-refractivity contribution in [1.82, 2.24) is 20.4 Å². The number of hydrogen-bond donors (Lipinski definition) is 2. The molecule has 4 aliphatic rings. The first kappa shape index (κ1) is 18.8. The Morgan fingerprint density at radius 3 is 2.55 bits per heavy atom. The van der Waals surface area contributed by atoms with Crippen molar-refractivity contribution >= 4 is 17.7 Å². The summed E-state index contributed by atoms with van der Waals surface area (Å²) in [6, 6.07) is 6.36. The second kappa shape index (κ2) is 7.54. The van der Waals surface area contributed by atoms with Crippen molar-refractivity contribution < 1.29 is 14.4 Å². The molecule has 0 bridgehead atoms. The van der Waals surface area contributed by atoms with Gasteiger partial charge in [-0.05, 0) is 68.4 Å². The van der Waals surface area contributed by atoms with E-state index < -0.39 is 6.04 Å². The fourth-order valence-corrected chi connectivity index (χ4v) is 5.40. The molecule has 0 aromatic heterocycles. The quantitative estimate of drug-likeness (QED) is 0.745. The maximum absolute atomic E-state index is 12.8. The zero-order valence-electron chi connectivity index (χ0n) is 16.7. The van der Waals surface area contributed by atoms with Gasteiger partial charge in [-0.15, -0.1) is 0 Å². The summed E-state index contributed by atoms with van der Waals surface area (Å²) in [6.45, 7) is 4.97. The fourth-order valence-electron chi connectivity index (χ4n) is 5.40. The summed E-state index contributed by atoms with van der Waals surface area (Å²) in [5, 5.41) is 5.82. The Labute approximate surface area is 170 Å². The lowest BCUT2D eigenvalue weighted by atomic mass is 9.87. The summed E-state index contributed by atoms with van der Waals surface area (Å²) in [5.74, 6) is -0.163. The number of benzene rings is 1. The lowest BCUT2D eigenvalue weighted by Crippen LogP contribution is -2.52. The van der Waals surface area contributed by atoms with Crippen LogP contribution in [0.2, 0.25) is 0 Å². The predicted octanol–water partition coefficient (Wildman–Crippen LogP) is 0.989. The van der Waals surface area contributed by atoms with E-state index in [1.54, 1.807) is 4.90 Å². The summed E-state index contributed by atoms with van der Waals surface area (Å²) in [5.41, 5.74) is 3.03. The van der Waals surface area contributed by atoms with Crippen molar-refractivity contribution in [2.45, 2.75) is 56.7 Å². The van der Waals surface area contributed by atoms with Crippen LogP contribution < -0.4 is 10.6 Å². The predicted molar refractivity (Wildman–Crippen MR) is 107 cm³/mol. The molecule has 0 aliphatic carbocycles. The third-order valence-electron chi connectivity index (χ3n) is 7.10. The minimum absolute atomic E-state index is 0.0930. The molecule has 2 atom stereocenters. The standard InChI is InChI=1S/C22H28N4O3/c27-20-4-3-19(21(28)24-20)26-13-16-11-15(1-2-18(16)22(26)29)14-6-9-25(10-7-14)17-5-8-23-12-17/h1-2,11,14,17,19,23H,3-10,12-13H2,(H,24,27,28). The van der Waals surface area contributed by atoms with Gasteiger partial charge in [-0.25, -0.2) is 0 Å². The van der Waals surface area contributed by atoms with E-state index in [0.29, 0.717) is 30.5 Å².